The zero-order valence-corrected chi connectivity index (χ0v) is 23.4. The number of ether oxygens (including phenoxy) is 1. The molecule has 2 N–H and O–H groups in total. The van der Waals surface area contributed by atoms with Gasteiger partial charge in [0.05, 0.1) is 6.07 Å². The maximum Gasteiger partial charge on any atom is 0.408 e. The lowest BCUT2D eigenvalue weighted by atomic mass is 9.99. The number of hydrogen-bond donors (Lipinski definition) is 2. The molecule has 3 aromatic rings. The van der Waals surface area contributed by atoms with Crippen LogP contribution >= 0.6 is 0 Å². The normalized spacial score (nSPS) is 12.4. The van der Waals surface area contributed by atoms with Crippen LogP contribution in [-0.4, -0.2) is 41.0 Å². The fraction of sp³-hybridized carbons (Fsp3) is 0.312. The largest absolute Gasteiger partial charge is 0.444 e. The number of amides is 3. The number of nitrogens with zero attached hydrogens (tertiary/aromatic N) is 2. The van der Waals surface area contributed by atoms with E-state index in [1.807, 2.05) is 85.8 Å². The van der Waals surface area contributed by atoms with E-state index in [4.69, 9.17) is 4.74 Å². The van der Waals surface area contributed by atoms with Gasteiger partial charge in [0.25, 0.3) is 0 Å². The number of benzene rings is 3. The molecule has 8 heteroatoms. The predicted octanol–water partition coefficient (Wildman–Crippen LogP) is 4.84. The van der Waals surface area contributed by atoms with Gasteiger partial charge in [-0.1, -0.05) is 90.5 Å². The molecule has 0 bridgehead atoms. The lowest BCUT2D eigenvalue weighted by molar-refractivity contribution is -0.141. The van der Waals surface area contributed by atoms with Gasteiger partial charge in [0.2, 0.25) is 11.8 Å². The molecule has 2 unspecified atom stereocenters. The number of carbonyl (C=O) groups is 3. The average molecular weight is 541 g/mol. The van der Waals surface area contributed by atoms with Gasteiger partial charge in [-0.25, -0.2) is 4.79 Å². The van der Waals surface area contributed by atoms with Crippen LogP contribution in [0.25, 0.3) is 0 Å². The Kier molecular flexibility index (Phi) is 10.4. The molecular formula is C32H36N4O4. The zero-order chi connectivity index (χ0) is 29.1. The SMILES string of the molecule is Cc1cccc(C(C(=O)NCc2ccccc2)N(CC#N)C(=O)C(Cc2ccccc2)NC(=O)OC(C)(C)C)c1. The van der Waals surface area contributed by atoms with Crippen LogP contribution in [0.1, 0.15) is 49.1 Å². The second kappa shape index (κ2) is 13.9. The fourth-order valence-electron chi connectivity index (χ4n) is 4.27. The molecule has 0 saturated carbocycles. The minimum Gasteiger partial charge on any atom is -0.444 e. The lowest BCUT2D eigenvalue weighted by Crippen LogP contribution is -2.53. The summed E-state index contributed by atoms with van der Waals surface area (Å²) in [6.07, 6.45) is -0.619. The number of nitriles is 1. The number of carbonyl (C=O) groups excluding carboxylic acids is 3. The highest BCUT2D eigenvalue weighted by molar-refractivity contribution is 5.92. The second-order valence-corrected chi connectivity index (χ2v) is 10.5. The monoisotopic (exact) mass is 540 g/mol. The van der Waals surface area contributed by atoms with Crippen LogP contribution in [0.2, 0.25) is 0 Å². The van der Waals surface area contributed by atoms with Gasteiger partial charge in [0.1, 0.15) is 24.2 Å². The van der Waals surface area contributed by atoms with Crippen molar-refractivity contribution in [2.24, 2.45) is 0 Å². The Morgan fingerprint density at radius 3 is 2.12 bits per heavy atom. The maximum absolute atomic E-state index is 14.1. The van der Waals surface area contributed by atoms with Crippen molar-refractivity contribution in [3.63, 3.8) is 0 Å². The highest BCUT2D eigenvalue weighted by Crippen LogP contribution is 2.24. The van der Waals surface area contributed by atoms with Crippen molar-refractivity contribution >= 4 is 17.9 Å². The maximum atomic E-state index is 14.1. The summed E-state index contributed by atoms with van der Waals surface area (Å²) in [7, 11) is 0. The summed E-state index contributed by atoms with van der Waals surface area (Å²) in [5.41, 5.74) is 2.37. The number of rotatable bonds is 10. The summed E-state index contributed by atoms with van der Waals surface area (Å²) in [5, 5.41) is 15.3. The van der Waals surface area contributed by atoms with Gasteiger partial charge in [-0.2, -0.15) is 5.26 Å². The smallest absolute Gasteiger partial charge is 0.408 e. The fourth-order valence-corrected chi connectivity index (χ4v) is 4.27. The van der Waals surface area contributed by atoms with E-state index in [0.717, 1.165) is 16.7 Å². The van der Waals surface area contributed by atoms with Gasteiger partial charge < -0.3 is 20.3 Å². The molecule has 0 aromatic heterocycles. The Morgan fingerprint density at radius 2 is 1.55 bits per heavy atom. The minimum atomic E-state index is -1.10. The van der Waals surface area contributed by atoms with E-state index >= 15 is 0 Å². The molecule has 3 rings (SSSR count). The van der Waals surface area contributed by atoms with Gasteiger partial charge in [0, 0.05) is 13.0 Å². The summed E-state index contributed by atoms with van der Waals surface area (Å²) in [6, 6.07) is 25.8. The summed E-state index contributed by atoms with van der Waals surface area (Å²) >= 11 is 0. The van der Waals surface area contributed by atoms with E-state index in [9.17, 15) is 19.6 Å². The summed E-state index contributed by atoms with van der Waals surface area (Å²) in [4.78, 5) is 41.9. The molecule has 0 radical (unpaired) electrons. The van der Waals surface area contributed by atoms with Crippen molar-refractivity contribution in [3.8, 4) is 6.07 Å². The Hall–Kier alpha value is -4.64. The van der Waals surface area contributed by atoms with Crippen molar-refractivity contribution in [2.75, 3.05) is 6.54 Å². The first-order chi connectivity index (χ1) is 19.1. The molecule has 0 aliphatic carbocycles. The van der Waals surface area contributed by atoms with Crippen LogP contribution in [0.15, 0.2) is 84.9 Å². The summed E-state index contributed by atoms with van der Waals surface area (Å²) < 4.78 is 5.43. The first-order valence-electron chi connectivity index (χ1n) is 13.2. The molecule has 0 aliphatic heterocycles. The summed E-state index contributed by atoms with van der Waals surface area (Å²) in [6.45, 7) is 6.97. The minimum absolute atomic E-state index is 0.146. The number of hydrogen-bond acceptors (Lipinski definition) is 5. The second-order valence-electron chi connectivity index (χ2n) is 10.5. The Bertz CT molecular complexity index is 1330. The highest BCUT2D eigenvalue weighted by atomic mass is 16.6. The molecule has 40 heavy (non-hydrogen) atoms. The van der Waals surface area contributed by atoms with E-state index in [0.29, 0.717) is 5.56 Å². The van der Waals surface area contributed by atoms with Gasteiger partial charge >= 0.3 is 6.09 Å². The van der Waals surface area contributed by atoms with Gasteiger partial charge in [0.15, 0.2) is 0 Å². The molecule has 208 valence electrons. The van der Waals surface area contributed by atoms with E-state index in [2.05, 4.69) is 10.6 Å². The van der Waals surface area contributed by atoms with Crippen LogP contribution in [0, 0.1) is 18.3 Å². The number of alkyl carbamates (subject to hydrolysis) is 1. The third-order valence-electron chi connectivity index (χ3n) is 6.02. The number of nitrogens with one attached hydrogen (secondary N) is 2. The van der Waals surface area contributed by atoms with Crippen molar-refractivity contribution < 1.29 is 19.1 Å². The molecule has 2 atom stereocenters. The van der Waals surface area contributed by atoms with Crippen molar-refractivity contribution in [1.29, 1.82) is 5.26 Å². The summed E-state index contributed by atoms with van der Waals surface area (Å²) in [5.74, 6) is -1.01. The molecule has 0 aliphatic rings. The third kappa shape index (κ3) is 8.98. The van der Waals surface area contributed by atoms with E-state index in [-0.39, 0.29) is 19.5 Å². The third-order valence-corrected chi connectivity index (χ3v) is 6.02. The van der Waals surface area contributed by atoms with Gasteiger partial charge in [-0.3, -0.25) is 9.59 Å². The standard InChI is InChI=1S/C32H36N4O4/c1-23-12-11-17-26(20-23)28(29(37)34-22-25-15-9-6-10-16-25)36(19-18-33)30(38)27(21-24-13-7-5-8-14-24)35-31(39)40-32(2,3)4/h5-17,20,27-28H,19,21-22H2,1-4H3,(H,34,37)(H,35,39). The molecule has 8 nitrogen and oxygen atoms in total. The zero-order valence-electron chi connectivity index (χ0n) is 23.4. The van der Waals surface area contributed by atoms with Crippen molar-refractivity contribution in [3.05, 3.63) is 107 Å². The van der Waals surface area contributed by atoms with Crippen molar-refractivity contribution in [1.82, 2.24) is 15.5 Å². The topological polar surface area (TPSA) is 112 Å². The highest BCUT2D eigenvalue weighted by Gasteiger charge is 2.36. The van der Waals surface area contributed by atoms with E-state index < -0.39 is 35.6 Å². The molecule has 0 fully saturated rings. The molecule has 3 aromatic carbocycles. The Labute approximate surface area is 236 Å². The van der Waals surface area contributed by atoms with Crippen LogP contribution in [-0.2, 0) is 27.3 Å². The first kappa shape index (κ1) is 29.9. The van der Waals surface area contributed by atoms with Crippen LogP contribution < -0.4 is 10.6 Å². The molecule has 0 spiro atoms. The van der Waals surface area contributed by atoms with Crippen LogP contribution in [0.3, 0.4) is 0 Å². The number of aryl methyl sites for hydroxylation is 1. The van der Waals surface area contributed by atoms with Crippen molar-refractivity contribution in [2.45, 2.75) is 58.3 Å². The Morgan fingerprint density at radius 1 is 0.925 bits per heavy atom. The molecule has 3 amide bonds. The molecule has 0 heterocycles. The van der Waals surface area contributed by atoms with Crippen LogP contribution in [0.4, 0.5) is 4.79 Å². The molecule has 0 saturated heterocycles. The lowest BCUT2D eigenvalue weighted by Gasteiger charge is -2.33. The van der Waals surface area contributed by atoms with E-state index in [1.54, 1.807) is 32.9 Å². The Balaban J connectivity index is 1.98. The molecular weight excluding hydrogens is 504 g/mol. The van der Waals surface area contributed by atoms with E-state index in [1.165, 1.54) is 4.90 Å². The quantitative estimate of drug-likeness (QED) is 0.358. The van der Waals surface area contributed by atoms with Gasteiger partial charge in [-0.05, 0) is 44.4 Å². The predicted molar refractivity (Wildman–Crippen MR) is 153 cm³/mol. The first-order valence-corrected chi connectivity index (χ1v) is 13.2. The van der Waals surface area contributed by atoms with Crippen LogP contribution in [0.5, 0.6) is 0 Å². The average Bonchev–Trinajstić information content (AvgIpc) is 2.91. The van der Waals surface area contributed by atoms with Gasteiger partial charge in [-0.15, -0.1) is 0 Å².